The topological polar surface area (TPSA) is 138 Å². The number of methoxy groups -OCH3 is 2. The summed E-state index contributed by atoms with van der Waals surface area (Å²) >= 11 is 0. The summed E-state index contributed by atoms with van der Waals surface area (Å²) in [6.45, 7) is 8.34. The third-order valence-electron chi connectivity index (χ3n) is 6.23. The number of carbonyl (C=O) groups is 2. The van der Waals surface area contributed by atoms with E-state index in [1.807, 2.05) is 25.1 Å². The summed E-state index contributed by atoms with van der Waals surface area (Å²) in [6, 6.07) is 6.75. The van der Waals surface area contributed by atoms with Crippen molar-refractivity contribution in [2.24, 2.45) is 5.41 Å². The lowest BCUT2D eigenvalue weighted by Crippen LogP contribution is -2.42. The highest BCUT2D eigenvalue weighted by molar-refractivity contribution is 5.93. The molecule has 0 bridgehead atoms. The Labute approximate surface area is 203 Å². The lowest BCUT2D eigenvalue weighted by molar-refractivity contribution is -0.152. The number of aromatic amines is 2. The predicted molar refractivity (Wildman–Crippen MR) is 134 cm³/mol. The van der Waals surface area contributed by atoms with E-state index in [0.29, 0.717) is 47.5 Å². The van der Waals surface area contributed by atoms with Crippen LogP contribution in [0.1, 0.15) is 53.6 Å². The fraction of sp³-hybridized carbons (Fsp3) is 0.440. The number of ether oxygens (including phenoxy) is 2. The van der Waals surface area contributed by atoms with Crippen LogP contribution in [0.15, 0.2) is 29.1 Å². The van der Waals surface area contributed by atoms with Gasteiger partial charge in [0.25, 0.3) is 5.56 Å². The van der Waals surface area contributed by atoms with Crippen LogP contribution in [0.4, 0.5) is 5.82 Å². The summed E-state index contributed by atoms with van der Waals surface area (Å²) in [5, 5.41) is 14.7. The van der Waals surface area contributed by atoms with Crippen LogP contribution in [0.5, 0.6) is 0 Å². The average Bonchev–Trinajstić information content (AvgIpc) is 3.14. The van der Waals surface area contributed by atoms with E-state index in [4.69, 9.17) is 9.47 Å². The second-order valence-electron chi connectivity index (χ2n) is 8.98. The summed E-state index contributed by atoms with van der Waals surface area (Å²) in [5.41, 5.74) is 1.35. The van der Waals surface area contributed by atoms with Gasteiger partial charge in [0, 0.05) is 28.9 Å². The Morgan fingerprint density at radius 3 is 2.40 bits per heavy atom. The van der Waals surface area contributed by atoms with Crippen molar-refractivity contribution in [3.63, 3.8) is 0 Å². The van der Waals surface area contributed by atoms with Crippen molar-refractivity contribution >= 4 is 28.5 Å². The molecular formula is C25H33N5O5. The van der Waals surface area contributed by atoms with Gasteiger partial charge >= 0.3 is 11.9 Å². The number of carbonyl (C=O) groups excluding carboxylic acids is 2. The number of fused-ring (bicyclic) bond motifs is 1. The monoisotopic (exact) mass is 483 g/mol. The second kappa shape index (κ2) is 10.7. The number of aryl methyl sites for hydroxylation is 2. The summed E-state index contributed by atoms with van der Waals surface area (Å²) in [4.78, 5) is 40.5. The van der Waals surface area contributed by atoms with Crippen LogP contribution in [-0.4, -0.2) is 54.4 Å². The van der Waals surface area contributed by atoms with Gasteiger partial charge in [0.1, 0.15) is 0 Å². The molecule has 188 valence electrons. The number of H-pyrrole nitrogens is 2. The van der Waals surface area contributed by atoms with E-state index >= 15 is 0 Å². The SMILES string of the molecule is COC(=O)c1c(C)[nH]c(C)c1C(NCCCNc1n[nH]c(=O)c2ccccc12)C(C)(C)C(=O)OC. The number of hydrogen-bond donors (Lipinski definition) is 4. The third kappa shape index (κ3) is 5.22. The third-order valence-corrected chi connectivity index (χ3v) is 6.23. The molecule has 0 saturated heterocycles. The highest BCUT2D eigenvalue weighted by Crippen LogP contribution is 2.39. The van der Waals surface area contributed by atoms with Gasteiger partial charge < -0.3 is 25.1 Å². The van der Waals surface area contributed by atoms with E-state index in [1.54, 1.807) is 26.8 Å². The standard InChI is InChI=1S/C25H33N5O5/c1-14-18(19(15(2)28-14)23(32)34-5)20(25(3,4)24(33)35-6)26-12-9-13-27-21-16-10-7-8-11-17(16)22(31)30-29-21/h7-8,10-11,20,26,28H,9,12-13H2,1-6H3,(H,27,29)(H,30,31). The summed E-state index contributed by atoms with van der Waals surface area (Å²) in [7, 11) is 2.69. The molecule has 0 aliphatic carbocycles. The molecule has 0 radical (unpaired) electrons. The van der Waals surface area contributed by atoms with Crippen molar-refractivity contribution in [2.75, 3.05) is 32.6 Å². The minimum absolute atomic E-state index is 0.237. The first-order valence-electron chi connectivity index (χ1n) is 11.4. The van der Waals surface area contributed by atoms with Crippen LogP contribution >= 0.6 is 0 Å². The normalized spacial score (nSPS) is 12.4. The molecule has 1 aromatic carbocycles. The largest absolute Gasteiger partial charge is 0.469 e. The maximum Gasteiger partial charge on any atom is 0.340 e. The molecule has 10 heteroatoms. The van der Waals surface area contributed by atoms with E-state index in [-0.39, 0.29) is 5.56 Å². The van der Waals surface area contributed by atoms with Crippen LogP contribution in [0.3, 0.4) is 0 Å². The highest BCUT2D eigenvalue weighted by atomic mass is 16.5. The number of esters is 2. The van der Waals surface area contributed by atoms with Crippen molar-refractivity contribution in [1.29, 1.82) is 0 Å². The molecule has 3 aromatic rings. The van der Waals surface area contributed by atoms with Crippen molar-refractivity contribution in [1.82, 2.24) is 20.5 Å². The highest BCUT2D eigenvalue weighted by Gasteiger charge is 2.42. The first-order chi connectivity index (χ1) is 16.6. The summed E-state index contributed by atoms with van der Waals surface area (Å²) < 4.78 is 10.1. The van der Waals surface area contributed by atoms with Gasteiger partial charge in [0.15, 0.2) is 5.82 Å². The number of nitrogens with one attached hydrogen (secondary N) is 4. The molecule has 1 atom stereocenters. The molecule has 3 rings (SSSR count). The second-order valence-corrected chi connectivity index (χ2v) is 8.98. The average molecular weight is 484 g/mol. The quantitative estimate of drug-likeness (QED) is 0.255. The molecule has 1 unspecified atom stereocenters. The van der Waals surface area contributed by atoms with Gasteiger partial charge in [-0.25, -0.2) is 9.89 Å². The molecule has 0 fully saturated rings. The van der Waals surface area contributed by atoms with Crippen LogP contribution < -0.4 is 16.2 Å². The Morgan fingerprint density at radius 2 is 1.74 bits per heavy atom. The molecule has 0 saturated carbocycles. The molecule has 2 heterocycles. The Kier molecular flexibility index (Phi) is 7.96. The fourth-order valence-electron chi connectivity index (χ4n) is 4.42. The predicted octanol–water partition coefficient (Wildman–Crippen LogP) is 2.99. The van der Waals surface area contributed by atoms with Gasteiger partial charge in [-0.3, -0.25) is 9.59 Å². The molecule has 2 aromatic heterocycles. The maximum absolute atomic E-state index is 12.7. The number of nitrogens with zero attached hydrogens (tertiary/aromatic N) is 1. The van der Waals surface area contributed by atoms with Crippen molar-refractivity contribution < 1.29 is 19.1 Å². The van der Waals surface area contributed by atoms with Gasteiger partial charge in [-0.15, -0.1) is 0 Å². The molecule has 0 aliphatic rings. The molecule has 35 heavy (non-hydrogen) atoms. The van der Waals surface area contributed by atoms with Crippen LogP contribution in [0.25, 0.3) is 10.8 Å². The van der Waals surface area contributed by atoms with Crippen molar-refractivity contribution in [2.45, 2.75) is 40.2 Å². The van der Waals surface area contributed by atoms with Gasteiger partial charge in [-0.2, -0.15) is 5.10 Å². The van der Waals surface area contributed by atoms with Crippen LogP contribution in [-0.2, 0) is 14.3 Å². The fourth-order valence-corrected chi connectivity index (χ4v) is 4.42. The molecule has 0 amide bonds. The summed E-state index contributed by atoms with van der Waals surface area (Å²) in [6.07, 6.45) is 0.679. The van der Waals surface area contributed by atoms with E-state index in [9.17, 15) is 14.4 Å². The van der Waals surface area contributed by atoms with Crippen molar-refractivity contribution in [3.8, 4) is 0 Å². The number of anilines is 1. The van der Waals surface area contributed by atoms with E-state index in [0.717, 1.165) is 11.1 Å². The lowest BCUT2D eigenvalue weighted by atomic mass is 9.78. The zero-order valence-electron chi connectivity index (χ0n) is 21.0. The maximum atomic E-state index is 12.7. The Hall–Kier alpha value is -3.66. The van der Waals surface area contributed by atoms with Gasteiger partial charge in [0.2, 0.25) is 0 Å². The first kappa shape index (κ1) is 26.0. The van der Waals surface area contributed by atoms with Gasteiger partial charge in [-0.1, -0.05) is 18.2 Å². The van der Waals surface area contributed by atoms with Crippen molar-refractivity contribution in [3.05, 3.63) is 57.1 Å². The summed E-state index contributed by atoms with van der Waals surface area (Å²) in [5.74, 6) is -0.269. The Morgan fingerprint density at radius 1 is 1.06 bits per heavy atom. The van der Waals surface area contributed by atoms with E-state index in [1.165, 1.54) is 14.2 Å². The van der Waals surface area contributed by atoms with Gasteiger partial charge in [-0.05, 0) is 46.7 Å². The minimum Gasteiger partial charge on any atom is -0.469 e. The number of aromatic nitrogens is 3. The number of benzene rings is 1. The molecule has 0 spiro atoms. The molecule has 10 nitrogen and oxygen atoms in total. The molecular weight excluding hydrogens is 450 g/mol. The van der Waals surface area contributed by atoms with Gasteiger partial charge in [0.05, 0.1) is 36.6 Å². The minimum atomic E-state index is -0.971. The number of rotatable bonds is 10. The van der Waals surface area contributed by atoms with Crippen LogP contribution in [0.2, 0.25) is 0 Å². The zero-order valence-corrected chi connectivity index (χ0v) is 21.0. The van der Waals surface area contributed by atoms with E-state index in [2.05, 4.69) is 25.8 Å². The number of hydrogen-bond acceptors (Lipinski definition) is 8. The molecule has 4 N–H and O–H groups in total. The Bertz CT molecular complexity index is 1280. The van der Waals surface area contributed by atoms with E-state index < -0.39 is 23.4 Å². The smallest absolute Gasteiger partial charge is 0.340 e. The lowest BCUT2D eigenvalue weighted by Gasteiger charge is -2.33. The first-order valence-corrected chi connectivity index (χ1v) is 11.4. The Balaban J connectivity index is 1.79. The molecule has 0 aliphatic heterocycles. The van der Waals surface area contributed by atoms with Crippen LogP contribution in [0, 0.1) is 19.3 Å². The zero-order chi connectivity index (χ0) is 25.8.